The largest absolute Gasteiger partial charge is 0.496 e. The summed E-state index contributed by atoms with van der Waals surface area (Å²) in [5.41, 5.74) is 3.40. The zero-order valence-corrected chi connectivity index (χ0v) is 31.5. The molecule has 10 nitrogen and oxygen atoms in total. The van der Waals surface area contributed by atoms with Crippen molar-refractivity contribution in [3.05, 3.63) is 53.6 Å². The van der Waals surface area contributed by atoms with Crippen LogP contribution in [0.1, 0.15) is 76.7 Å². The molecule has 3 saturated carbocycles. The predicted octanol–water partition coefficient (Wildman–Crippen LogP) is 4.73. The SMILES string of the molecule is COc1c(CN2O[C@@H](CO)[C@H]([C@H](C)O)[C@H]2C(=O)NC2C[C@H]3C[C@@H]([C@@H]2C)C3(C)C)cccc1-c1ccc(C(=O)N[C@@H](CC(C)C)CN(C)C)cc1. The third-order valence-corrected chi connectivity index (χ3v) is 11.8. The van der Waals surface area contributed by atoms with Crippen LogP contribution in [0, 0.1) is 35.0 Å². The lowest BCUT2D eigenvalue weighted by molar-refractivity contribution is -0.183. The summed E-state index contributed by atoms with van der Waals surface area (Å²) in [6.07, 6.45) is 1.44. The van der Waals surface area contributed by atoms with Crippen molar-refractivity contribution in [2.45, 2.75) is 97.7 Å². The number of rotatable bonds is 14. The highest BCUT2D eigenvalue weighted by atomic mass is 16.7. The fraction of sp³-hybridized carbons (Fsp3) is 0.650. The Hall–Kier alpha value is -3.02. The molecule has 276 valence electrons. The molecule has 50 heavy (non-hydrogen) atoms. The van der Waals surface area contributed by atoms with E-state index < -0.39 is 24.2 Å². The van der Waals surface area contributed by atoms with E-state index in [1.807, 2.05) is 56.6 Å². The second kappa shape index (κ2) is 15.7. The van der Waals surface area contributed by atoms with Gasteiger partial charge in [0.25, 0.3) is 5.91 Å². The Kier molecular flexibility index (Phi) is 12.0. The summed E-state index contributed by atoms with van der Waals surface area (Å²) in [5.74, 6) is 1.69. The van der Waals surface area contributed by atoms with Gasteiger partial charge in [0, 0.05) is 41.2 Å². The number of aliphatic hydroxyl groups is 2. The molecule has 4 aliphatic rings. The van der Waals surface area contributed by atoms with Crippen LogP contribution in [0.25, 0.3) is 11.1 Å². The van der Waals surface area contributed by atoms with Crippen molar-refractivity contribution in [1.82, 2.24) is 20.6 Å². The van der Waals surface area contributed by atoms with Crippen LogP contribution in [0.2, 0.25) is 0 Å². The number of hydroxylamine groups is 2. The predicted molar refractivity (Wildman–Crippen MR) is 195 cm³/mol. The van der Waals surface area contributed by atoms with Crippen LogP contribution in [0.15, 0.2) is 42.5 Å². The van der Waals surface area contributed by atoms with Crippen molar-refractivity contribution in [3.63, 3.8) is 0 Å². The van der Waals surface area contributed by atoms with Gasteiger partial charge >= 0.3 is 0 Å². The van der Waals surface area contributed by atoms with Crippen LogP contribution in [0.5, 0.6) is 5.75 Å². The minimum absolute atomic E-state index is 0.0512. The van der Waals surface area contributed by atoms with Gasteiger partial charge in [-0.05, 0) is 87.1 Å². The van der Waals surface area contributed by atoms with Gasteiger partial charge in [-0.25, -0.2) is 0 Å². The van der Waals surface area contributed by atoms with Gasteiger partial charge in [0.2, 0.25) is 5.91 Å². The van der Waals surface area contributed by atoms with Crippen LogP contribution in [-0.2, 0) is 16.2 Å². The number of aliphatic hydroxyl groups excluding tert-OH is 2. The second-order valence-corrected chi connectivity index (χ2v) is 16.4. The number of amides is 2. The van der Waals surface area contributed by atoms with E-state index in [0.29, 0.717) is 40.4 Å². The maximum absolute atomic E-state index is 14.1. The van der Waals surface area contributed by atoms with Crippen LogP contribution in [0.3, 0.4) is 0 Å². The molecule has 2 bridgehead atoms. The van der Waals surface area contributed by atoms with Crippen molar-refractivity contribution >= 4 is 11.8 Å². The zero-order chi connectivity index (χ0) is 36.5. The third kappa shape index (κ3) is 7.89. The third-order valence-electron chi connectivity index (χ3n) is 11.8. The van der Waals surface area contributed by atoms with Crippen molar-refractivity contribution in [2.75, 3.05) is 34.4 Å². The number of hydrogen-bond donors (Lipinski definition) is 4. The average Bonchev–Trinajstić information content (AvgIpc) is 3.43. The number of hydrogen-bond acceptors (Lipinski definition) is 8. The Morgan fingerprint density at radius 1 is 1.10 bits per heavy atom. The number of methoxy groups -OCH3 is 1. The van der Waals surface area contributed by atoms with Gasteiger partial charge in [-0.3, -0.25) is 14.4 Å². The number of benzene rings is 2. The monoisotopic (exact) mass is 692 g/mol. The first-order valence-electron chi connectivity index (χ1n) is 18.4. The van der Waals surface area contributed by atoms with Gasteiger partial charge < -0.3 is 30.5 Å². The Morgan fingerprint density at radius 2 is 1.80 bits per heavy atom. The first-order valence-corrected chi connectivity index (χ1v) is 18.4. The number of fused-ring (bicyclic) bond motifs is 2. The van der Waals surface area contributed by atoms with E-state index in [-0.39, 0.29) is 37.0 Å². The Morgan fingerprint density at radius 3 is 2.36 bits per heavy atom. The summed E-state index contributed by atoms with van der Waals surface area (Å²) in [5, 5.41) is 29.3. The molecule has 10 heteroatoms. The topological polar surface area (TPSA) is 124 Å². The molecule has 0 aromatic heterocycles. The molecule has 2 amide bonds. The number of para-hydroxylation sites is 1. The molecule has 2 aromatic carbocycles. The highest BCUT2D eigenvalue weighted by Gasteiger charge is 2.57. The number of ether oxygens (including phenoxy) is 1. The van der Waals surface area contributed by atoms with E-state index in [1.165, 1.54) is 6.42 Å². The van der Waals surface area contributed by atoms with E-state index in [9.17, 15) is 19.8 Å². The van der Waals surface area contributed by atoms with E-state index in [1.54, 1.807) is 19.1 Å². The van der Waals surface area contributed by atoms with Crippen molar-refractivity contribution in [2.24, 2.45) is 35.0 Å². The second-order valence-electron chi connectivity index (χ2n) is 16.4. The first kappa shape index (κ1) is 38.2. The Labute approximate surface area is 298 Å². The zero-order valence-electron chi connectivity index (χ0n) is 31.5. The maximum atomic E-state index is 14.1. The van der Waals surface area contributed by atoms with Crippen molar-refractivity contribution < 1.29 is 29.4 Å². The summed E-state index contributed by atoms with van der Waals surface area (Å²) >= 11 is 0. The van der Waals surface area contributed by atoms with Gasteiger partial charge in [0.1, 0.15) is 17.9 Å². The molecular weight excluding hydrogens is 632 g/mol. The molecule has 1 saturated heterocycles. The highest BCUT2D eigenvalue weighted by Crippen LogP contribution is 2.61. The van der Waals surface area contributed by atoms with Crippen LogP contribution < -0.4 is 15.4 Å². The first-order chi connectivity index (χ1) is 23.7. The molecule has 1 heterocycles. The standard InChI is InChI=1S/C40H60N4O6/c1-23(2)17-30(21-43(7)8)41-38(47)27-15-13-26(14-16-27)31-12-10-11-28(37(31)49-9)20-44-36(35(25(4)46)34(22-45)50-44)39(48)42-33-19-29-18-32(24(33)3)40(29,5)6/h10-16,23-25,29-30,32-36,45-46H,17-22H2,1-9H3,(H,41,47)(H,42,48)/t24-,25-,29+,30-,32-,33?,34-,35-,36-/m0/s1. The van der Waals surface area contributed by atoms with Crippen LogP contribution in [-0.4, -0.2) is 96.7 Å². The van der Waals surface area contributed by atoms with E-state index in [2.05, 4.69) is 50.2 Å². The van der Waals surface area contributed by atoms with Crippen molar-refractivity contribution in [3.8, 4) is 16.9 Å². The number of carbonyl (C=O) groups is 2. The van der Waals surface area contributed by atoms with Gasteiger partial charge in [-0.15, -0.1) is 0 Å². The molecule has 1 unspecified atom stereocenters. The van der Waals surface area contributed by atoms with E-state index in [0.717, 1.165) is 36.1 Å². The van der Waals surface area contributed by atoms with Gasteiger partial charge in [0.05, 0.1) is 26.4 Å². The van der Waals surface area contributed by atoms with E-state index >= 15 is 0 Å². The normalized spacial score (nSPS) is 28.6. The van der Waals surface area contributed by atoms with Gasteiger partial charge in [0.15, 0.2) is 0 Å². The lowest BCUT2D eigenvalue weighted by Gasteiger charge is -2.62. The van der Waals surface area contributed by atoms with E-state index in [4.69, 9.17) is 9.57 Å². The summed E-state index contributed by atoms with van der Waals surface area (Å²) in [6.45, 7) is 13.5. The fourth-order valence-electron chi connectivity index (χ4n) is 9.09. The Bertz CT molecular complexity index is 1470. The van der Waals surface area contributed by atoms with Crippen molar-refractivity contribution in [1.29, 1.82) is 0 Å². The number of likely N-dealkylation sites (N-methyl/N-ethyl adjacent to an activating group) is 1. The summed E-state index contributed by atoms with van der Waals surface area (Å²) < 4.78 is 5.97. The summed E-state index contributed by atoms with van der Waals surface area (Å²) in [7, 11) is 5.64. The lowest BCUT2D eigenvalue weighted by atomic mass is 9.45. The average molecular weight is 693 g/mol. The molecule has 9 atom stereocenters. The number of nitrogens with zero attached hydrogens (tertiary/aromatic N) is 2. The highest BCUT2D eigenvalue weighted by molar-refractivity contribution is 5.95. The lowest BCUT2D eigenvalue weighted by Crippen LogP contribution is -2.62. The number of carbonyl (C=O) groups excluding carboxylic acids is 2. The minimum atomic E-state index is -0.878. The minimum Gasteiger partial charge on any atom is -0.496 e. The Balaban J connectivity index is 1.35. The fourth-order valence-corrected chi connectivity index (χ4v) is 9.09. The molecule has 2 aromatic rings. The maximum Gasteiger partial charge on any atom is 0.251 e. The molecule has 3 aliphatic carbocycles. The molecular formula is C40H60N4O6. The smallest absolute Gasteiger partial charge is 0.251 e. The molecule has 6 rings (SSSR count). The number of nitrogens with one attached hydrogen (secondary N) is 2. The quantitative estimate of drug-likeness (QED) is 0.224. The van der Waals surface area contributed by atoms with Crippen LogP contribution >= 0.6 is 0 Å². The molecule has 1 aliphatic heterocycles. The van der Waals surface area contributed by atoms with Gasteiger partial charge in [-0.2, -0.15) is 5.06 Å². The molecule has 4 fully saturated rings. The molecule has 4 N–H and O–H groups in total. The molecule has 0 spiro atoms. The van der Waals surface area contributed by atoms with Gasteiger partial charge in [-0.1, -0.05) is 65.0 Å². The molecule has 0 radical (unpaired) electrons. The summed E-state index contributed by atoms with van der Waals surface area (Å²) in [6, 6.07) is 12.7. The summed E-state index contributed by atoms with van der Waals surface area (Å²) in [4.78, 5) is 35.6. The van der Waals surface area contributed by atoms with Crippen LogP contribution in [0.4, 0.5) is 0 Å².